The van der Waals surface area contributed by atoms with Crippen molar-refractivity contribution in [3.8, 4) is 17.2 Å². The predicted octanol–water partition coefficient (Wildman–Crippen LogP) is 14.7. The summed E-state index contributed by atoms with van der Waals surface area (Å²) in [6.45, 7) is 13.8. The molecule has 0 aliphatic carbocycles. The molecule has 3 rings (SSSR count). The zero-order valence-corrected chi connectivity index (χ0v) is 30.8. The van der Waals surface area contributed by atoms with Gasteiger partial charge in [-0.1, -0.05) is 173 Å². The third kappa shape index (κ3) is 12.9. The summed E-state index contributed by atoms with van der Waals surface area (Å²) >= 11 is 0. The molecule has 0 spiro atoms. The minimum atomic E-state index is -1.77. The van der Waals surface area contributed by atoms with Crippen LogP contribution < -0.4 is 13.6 Å². The first-order valence-electron chi connectivity index (χ1n) is 18.6. The summed E-state index contributed by atoms with van der Waals surface area (Å²) in [6, 6.07) is 25.5. The van der Waals surface area contributed by atoms with E-state index in [-0.39, 0.29) is 0 Å². The molecule has 3 aromatic carbocycles. The van der Waals surface area contributed by atoms with Crippen molar-refractivity contribution >= 4 is 8.60 Å². The summed E-state index contributed by atoms with van der Waals surface area (Å²) in [4.78, 5) is 0. The van der Waals surface area contributed by atoms with Crippen molar-refractivity contribution in [2.24, 2.45) is 0 Å². The normalized spacial score (nSPS) is 14.0. The second kappa shape index (κ2) is 22.1. The van der Waals surface area contributed by atoms with Crippen LogP contribution in [0.4, 0.5) is 0 Å². The molecule has 3 nitrogen and oxygen atoms in total. The topological polar surface area (TPSA) is 27.7 Å². The van der Waals surface area contributed by atoms with E-state index < -0.39 is 8.60 Å². The Morgan fingerprint density at radius 2 is 0.696 bits per heavy atom. The Morgan fingerprint density at radius 3 is 0.978 bits per heavy atom. The first-order chi connectivity index (χ1) is 22.5. The van der Waals surface area contributed by atoms with Gasteiger partial charge in [0, 0.05) is 0 Å². The van der Waals surface area contributed by atoms with E-state index in [0.29, 0.717) is 17.8 Å². The molecule has 0 saturated carbocycles. The minimum absolute atomic E-state index is 0.399. The summed E-state index contributed by atoms with van der Waals surface area (Å²) < 4.78 is 20.5. The standard InChI is InChI=1S/C42H63O3P/c1-7-10-13-16-25-34(4)37-28-19-22-31-40(37)43-46(44-41-32-23-20-29-38(41)35(5)26-17-14-11-8-2)45-42-33-24-21-30-39(42)36(6)27-18-15-12-9-3/h19-24,28-36H,7-18,25-27H2,1-6H3. The van der Waals surface area contributed by atoms with Gasteiger partial charge in [0.2, 0.25) is 0 Å². The maximum Gasteiger partial charge on any atom is 0.530 e. The van der Waals surface area contributed by atoms with Crippen molar-refractivity contribution in [1.29, 1.82) is 0 Å². The van der Waals surface area contributed by atoms with Crippen LogP contribution in [0.3, 0.4) is 0 Å². The lowest BCUT2D eigenvalue weighted by Crippen LogP contribution is -2.08. The second-order valence-corrected chi connectivity index (χ2v) is 14.4. The molecule has 254 valence electrons. The van der Waals surface area contributed by atoms with E-state index in [9.17, 15) is 0 Å². The van der Waals surface area contributed by atoms with E-state index >= 15 is 0 Å². The Hall–Kier alpha value is -2.51. The van der Waals surface area contributed by atoms with Crippen molar-refractivity contribution in [1.82, 2.24) is 0 Å². The van der Waals surface area contributed by atoms with Gasteiger partial charge in [0.25, 0.3) is 0 Å². The molecule has 0 fully saturated rings. The lowest BCUT2D eigenvalue weighted by molar-refractivity contribution is 0.378. The van der Waals surface area contributed by atoms with Crippen LogP contribution >= 0.6 is 8.60 Å². The van der Waals surface area contributed by atoms with Crippen molar-refractivity contribution < 1.29 is 13.6 Å². The van der Waals surface area contributed by atoms with Gasteiger partial charge in [0.05, 0.1) is 0 Å². The maximum atomic E-state index is 6.82. The van der Waals surface area contributed by atoms with E-state index in [0.717, 1.165) is 36.5 Å². The van der Waals surface area contributed by atoms with Gasteiger partial charge in [-0.15, -0.1) is 0 Å². The fourth-order valence-electron chi connectivity index (χ4n) is 6.31. The molecule has 0 bridgehead atoms. The molecule has 0 radical (unpaired) electrons. The predicted molar refractivity (Wildman–Crippen MR) is 200 cm³/mol. The number of hydrogen-bond donors (Lipinski definition) is 0. The highest BCUT2D eigenvalue weighted by molar-refractivity contribution is 7.43. The van der Waals surface area contributed by atoms with Gasteiger partial charge >= 0.3 is 8.60 Å². The van der Waals surface area contributed by atoms with E-state index in [2.05, 4.69) is 114 Å². The lowest BCUT2D eigenvalue weighted by atomic mass is 9.94. The van der Waals surface area contributed by atoms with Gasteiger partial charge in [-0.3, -0.25) is 0 Å². The molecule has 0 aliphatic heterocycles. The van der Waals surface area contributed by atoms with Crippen LogP contribution in [0.2, 0.25) is 0 Å². The van der Waals surface area contributed by atoms with Gasteiger partial charge in [-0.2, -0.15) is 0 Å². The van der Waals surface area contributed by atoms with Crippen LogP contribution in [0.25, 0.3) is 0 Å². The Morgan fingerprint density at radius 1 is 0.413 bits per heavy atom. The van der Waals surface area contributed by atoms with Crippen molar-refractivity contribution in [3.63, 3.8) is 0 Å². The van der Waals surface area contributed by atoms with Gasteiger partial charge in [-0.25, -0.2) is 0 Å². The Labute approximate surface area is 283 Å². The maximum absolute atomic E-state index is 6.82. The second-order valence-electron chi connectivity index (χ2n) is 13.4. The zero-order valence-electron chi connectivity index (χ0n) is 29.9. The summed E-state index contributed by atoms with van der Waals surface area (Å²) in [7, 11) is -1.77. The molecular weight excluding hydrogens is 583 g/mol. The summed E-state index contributed by atoms with van der Waals surface area (Å²) in [5.74, 6) is 3.80. The lowest BCUT2D eigenvalue weighted by Gasteiger charge is -2.25. The largest absolute Gasteiger partial charge is 0.530 e. The SMILES string of the molecule is CCCCCCC(C)c1ccccc1OP(Oc1ccccc1C(C)CCCCCC)Oc1ccccc1C(C)CCCCCC. The number of hydrogen-bond acceptors (Lipinski definition) is 3. The molecule has 0 amide bonds. The Kier molecular flexibility index (Phi) is 18.3. The zero-order chi connectivity index (χ0) is 33.0. The summed E-state index contributed by atoms with van der Waals surface area (Å²) in [5.41, 5.74) is 3.69. The first kappa shape index (κ1) is 37.9. The van der Waals surface area contributed by atoms with Crippen LogP contribution in [-0.2, 0) is 0 Å². The highest BCUT2D eigenvalue weighted by Gasteiger charge is 2.26. The van der Waals surface area contributed by atoms with Crippen LogP contribution in [0, 0.1) is 0 Å². The van der Waals surface area contributed by atoms with E-state index in [1.54, 1.807) is 0 Å². The molecule has 3 unspecified atom stereocenters. The quantitative estimate of drug-likeness (QED) is 0.0716. The molecule has 3 aromatic rings. The van der Waals surface area contributed by atoms with Gasteiger partial charge < -0.3 is 13.6 Å². The van der Waals surface area contributed by atoms with Crippen LogP contribution in [0.15, 0.2) is 72.8 Å². The molecule has 0 saturated heterocycles. The van der Waals surface area contributed by atoms with E-state index in [1.165, 1.54) is 93.7 Å². The number of unbranched alkanes of at least 4 members (excludes halogenated alkanes) is 9. The van der Waals surface area contributed by atoms with Crippen LogP contribution in [0.1, 0.15) is 172 Å². The molecule has 0 N–H and O–H groups in total. The molecule has 0 aliphatic rings. The average Bonchev–Trinajstić information content (AvgIpc) is 3.07. The van der Waals surface area contributed by atoms with Crippen LogP contribution in [-0.4, -0.2) is 0 Å². The van der Waals surface area contributed by atoms with Crippen LogP contribution in [0.5, 0.6) is 17.2 Å². The Bertz CT molecular complexity index is 1080. The van der Waals surface area contributed by atoms with Crippen molar-refractivity contribution in [3.05, 3.63) is 89.5 Å². The smallest absolute Gasteiger partial charge is 0.408 e. The third-order valence-electron chi connectivity index (χ3n) is 9.34. The highest BCUT2D eigenvalue weighted by atomic mass is 31.2. The monoisotopic (exact) mass is 646 g/mol. The number of rotatable bonds is 24. The molecule has 4 heteroatoms. The minimum Gasteiger partial charge on any atom is -0.408 e. The van der Waals surface area contributed by atoms with Gasteiger partial charge in [0.15, 0.2) is 0 Å². The number of para-hydroxylation sites is 3. The van der Waals surface area contributed by atoms with Gasteiger partial charge in [0.1, 0.15) is 17.2 Å². The third-order valence-corrected chi connectivity index (χ3v) is 10.4. The molecule has 46 heavy (non-hydrogen) atoms. The molecule has 3 atom stereocenters. The van der Waals surface area contributed by atoms with Gasteiger partial charge in [-0.05, 0) is 71.9 Å². The fourth-order valence-corrected chi connectivity index (χ4v) is 7.40. The molecule has 0 aromatic heterocycles. The Balaban J connectivity index is 1.89. The van der Waals surface area contributed by atoms with E-state index in [1.807, 2.05) is 0 Å². The highest BCUT2D eigenvalue weighted by Crippen LogP contribution is 2.48. The van der Waals surface area contributed by atoms with Crippen molar-refractivity contribution in [2.45, 2.75) is 156 Å². The summed E-state index contributed by atoms with van der Waals surface area (Å²) in [6.07, 6.45) is 18.6. The number of benzene rings is 3. The fraction of sp³-hybridized carbons (Fsp3) is 0.571. The van der Waals surface area contributed by atoms with E-state index in [4.69, 9.17) is 13.6 Å². The van der Waals surface area contributed by atoms with Crippen molar-refractivity contribution in [2.75, 3.05) is 0 Å². The molecular formula is C42H63O3P. The molecule has 0 heterocycles. The average molecular weight is 647 g/mol. The first-order valence-corrected chi connectivity index (χ1v) is 19.7. The summed E-state index contributed by atoms with van der Waals surface area (Å²) in [5, 5.41) is 0.